The van der Waals surface area contributed by atoms with Crippen LogP contribution in [0.1, 0.15) is 48.2 Å². The van der Waals surface area contributed by atoms with Crippen molar-refractivity contribution in [2.45, 2.75) is 71.2 Å². The summed E-state index contributed by atoms with van der Waals surface area (Å²) in [5, 5.41) is 8.54. The molecule has 0 amide bonds. The van der Waals surface area contributed by atoms with Crippen molar-refractivity contribution in [3.63, 3.8) is 0 Å². The standard InChI is InChI=1S/C26H29N5O4/c1-15-10-19-20(11-16(15)2)28-24(27-19)22-21(23-25(33-22)35-26(3,4)34-23)32-14-18-13-31(30-29-18)12-17-8-6-5-7-9-17/h5-11,13,21-23,25H,12,14H2,1-4H3,(H,27,28)/t21-,22-,23+,25+/m0/s1. The van der Waals surface area contributed by atoms with Gasteiger partial charge in [-0.2, -0.15) is 0 Å². The first-order chi connectivity index (χ1) is 16.8. The number of fused-ring (bicyclic) bond motifs is 2. The van der Waals surface area contributed by atoms with E-state index in [1.165, 1.54) is 11.1 Å². The highest BCUT2D eigenvalue weighted by Gasteiger charge is 2.56. The van der Waals surface area contributed by atoms with Gasteiger partial charge in [-0.15, -0.1) is 5.10 Å². The van der Waals surface area contributed by atoms with Crippen LogP contribution in [0.2, 0.25) is 0 Å². The number of aromatic nitrogens is 5. The second-order valence-electron chi connectivity index (χ2n) is 9.77. The van der Waals surface area contributed by atoms with Gasteiger partial charge in [-0.05, 0) is 56.5 Å². The number of hydrogen-bond acceptors (Lipinski definition) is 7. The van der Waals surface area contributed by atoms with E-state index in [1.807, 2.05) is 42.9 Å². The molecule has 9 heteroatoms. The molecule has 0 radical (unpaired) electrons. The fraction of sp³-hybridized carbons (Fsp3) is 0.423. The fourth-order valence-electron chi connectivity index (χ4n) is 4.74. The Morgan fingerprint density at radius 1 is 1.09 bits per heavy atom. The number of imidazole rings is 1. The molecule has 2 aromatic heterocycles. The molecular weight excluding hydrogens is 446 g/mol. The Bertz CT molecular complexity index is 1310. The second kappa shape index (κ2) is 8.53. The van der Waals surface area contributed by atoms with Crippen LogP contribution in [-0.4, -0.2) is 49.2 Å². The third-order valence-corrected chi connectivity index (χ3v) is 6.57. The molecule has 6 rings (SSSR count). The number of hydrogen-bond donors (Lipinski definition) is 1. The molecular formula is C26H29N5O4. The molecule has 0 bridgehead atoms. The molecule has 2 aliphatic heterocycles. The average Bonchev–Trinajstić information content (AvgIpc) is 3.56. The predicted octanol–water partition coefficient (Wildman–Crippen LogP) is 3.95. The molecule has 182 valence electrons. The number of aryl methyl sites for hydroxylation is 2. The SMILES string of the molecule is Cc1cc2nc([C@H]3O[C@@H]4OC(C)(C)O[C@@H]4[C@H]3OCc3cn(Cc4ccccc4)nn3)[nH]c2cc1C. The van der Waals surface area contributed by atoms with Gasteiger partial charge in [-0.3, -0.25) is 0 Å². The minimum absolute atomic E-state index is 0.269. The van der Waals surface area contributed by atoms with Crippen LogP contribution in [-0.2, 0) is 32.1 Å². The Morgan fingerprint density at radius 2 is 1.89 bits per heavy atom. The van der Waals surface area contributed by atoms with Crippen molar-refractivity contribution < 1.29 is 18.9 Å². The summed E-state index contributed by atoms with van der Waals surface area (Å²) in [6, 6.07) is 14.3. The van der Waals surface area contributed by atoms with Gasteiger partial charge < -0.3 is 23.9 Å². The van der Waals surface area contributed by atoms with Crippen LogP contribution in [0.25, 0.3) is 11.0 Å². The molecule has 0 saturated carbocycles. The largest absolute Gasteiger partial charge is 0.366 e. The van der Waals surface area contributed by atoms with Gasteiger partial charge in [-0.25, -0.2) is 9.67 Å². The van der Waals surface area contributed by atoms with E-state index < -0.39 is 24.3 Å². The lowest BCUT2D eigenvalue weighted by Crippen LogP contribution is -2.34. The lowest BCUT2D eigenvalue weighted by molar-refractivity contribution is -0.221. The lowest BCUT2D eigenvalue weighted by atomic mass is 10.1. The van der Waals surface area contributed by atoms with Gasteiger partial charge in [0.2, 0.25) is 0 Å². The van der Waals surface area contributed by atoms with E-state index in [0.717, 1.165) is 22.3 Å². The summed E-state index contributed by atoms with van der Waals surface area (Å²) in [6.45, 7) is 8.85. The van der Waals surface area contributed by atoms with Gasteiger partial charge in [0.15, 0.2) is 12.1 Å². The van der Waals surface area contributed by atoms with Crippen LogP contribution >= 0.6 is 0 Å². The van der Waals surface area contributed by atoms with Crippen LogP contribution in [0.5, 0.6) is 0 Å². The van der Waals surface area contributed by atoms with Crippen molar-refractivity contribution in [2.75, 3.05) is 0 Å². The van der Waals surface area contributed by atoms with Gasteiger partial charge in [0.25, 0.3) is 0 Å². The van der Waals surface area contributed by atoms with Crippen molar-refractivity contribution in [3.05, 3.63) is 76.9 Å². The van der Waals surface area contributed by atoms with Gasteiger partial charge in [0, 0.05) is 0 Å². The monoisotopic (exact) mass is 475 g/mol. The molecule has 2 saturated heterocycles. The van der Waals surface area contributed by atoms with E-state index in [9.17, 15) is 0 Å². The Balaban J connectivity index is 1.22. The third kappa shape index (κ3) is 4.36. The van der Waals surface area contributed by atoms with Crippen LogP contribution < -0.4 is 0 Å². The lowest BCUT2D eigenvalue weighted by Gasteiger charge is -2.24. The first kappa shape index (κ1) is 22.4. The maximum atomic E-state index is 6.36. The summed E-state index contributed by atoms with van der Waals surface area (Å²) in [7, 11) is 0. The van der Waals surface area contributed by atoms with Gasteiger partial charge in [0.05, 0.1) is 30.4 Å². The number of nitrogens with zero attached hydrogens (tertiary/aromatic N) is 4. The molecule has 0 unspecified atom stereocenters. The van der Waals surface area contributed by atoms with Crippen molar-refractivity contribution in [3.8, 4) is 0 Å². The molecule has 2 fully saturated rings. The molecule has 35 heavy (non-hydrogen) atoms. The van der Waals surface area contributed by atoms with E-state index >= 15 is 0 Å². The van der Waals surface area contributed by atoms with Crippen LogP contribution in [0.15, 0.2) is 48.7 Å². The highest BCUT2D eigenvalue weighted by molar-refractivity contribution is 5.77. The first-order valence-electron chi connectivity index (χ1n) is 11.9. The van der Waals surface area contributed by atoms with Crippen molar-refractivity contribution in [2.24, 2.45) is 0 Å². The second-order valence-corrected chi connectivity index (χ2v) is 9.77. The zero-order chi connectivity index (χ0) is 24.2. The Hall–Kier alpha value is -3.11. The molecule has 4 heterocycles. The highest BCUT2D eigenvalue weighted by Crippen LogP contribution is 2.44. The van der Waals surface area contributed by atoms with E-state index in [4.69, 9.17) is 23.9 Å². The summed E-state index contributed by atoms with van der Waals surface area (Å²) in [4.78, 5) is 8.23. The summed E-state index contributed by atoms with van der Waals surface area (Å²) in [6.07, 6.45) is 0.0895. The third-order valence-electron chi connectivity index (χ3n) is 6.57. The van der Waals surface area contributed by atoms with E-state index in [2.05, 4.69) is 53.4 Å². The van der Waals surface area contributed by atoms with Crippen molar-refractivity contribution >= 4 is 11.0 Å². The van der Waals surface area contributed by atoms with Crippen LogP contribution in [0, 0.1) is 13.8 Å². The average molecular weight is 476 g/mol. The number of benzene rings is 2. The maximum absolute atomic E-state index is 6.36. The Labute approximate surface area is 203 Å². The van der Waals surface area contributed by atoms with Crippen molar-refractivity contribution in [1.82, 2.24) is 25.0 Å². The number of ether oxygens (including phenoxy) is 4. The van der Waals surface area contributed by atoms with E-state index in [0.29, 0.717) is 12.4 Å². The summed E-state index contributed by atoms with van der Waals surface area (Å²) >= 11 is 0. The zero-order valence-electron chi connectivity index (χ0n) is 20.3. The molecule has 9 nitrogen and oxygen atoms in total. The number of aromatic amines is 1. The van der Waals surface area contributed by atoms with E-state index in [-0.39, 0.29) is 12.7 Å². The minimum Gasteiger partial charge on any atom is -0.366 e. The van der Waals surface area contributed by atoms with Gasteiger partial charge in [-0.1, -0.05) is 35.5 Å². The molecule has 0 aliphatic carbocycles. The molecule has 4 aromatic rings. The zero-order valence-corrected chi connectivity index (χ0v) is 20.3. The number of H-pyrrole nitrogens is 1. The van der Waals surface area contributed by atoms with Crippen molar-refractivity contribution in [1.29, 1.82) is 0 Å². The summed E-state index contributed by atoms with van der Waals surface area (Å²) in [5.41, 5.74) is 6.15. The first-order valence-corrected chi connectivity index (χ1v) is 11.9. The molecule has 2 aliphatic rings. The van der Waals surface area contributed by atoms with Crippen LogP contribution in [0.4, 0.5) is 0 Å². The predicted molar refractivity (Wildman–Crippen MR) is 127 cm³/mol. The number of rotatable bonds is 6. The molecule has 1 N–H and O–H groups in total. The quantitative estimate of drug-likeness (QED) is 0.451. The summed E-state index contributed by atoms with van der Waals surface area (Å²) in [5.74, 6) is -0.0508. The van der Waals surface area contributed by atoms with Gasteiger partial charge >= 0.3 is 0 Å². The topological polar surface area (TPSA) is 96.3 Å². The Kier molecular flexibility index (Phi) is 5.45. The van der Waals surface area contributed by atoms with Crippen LogP contribution in [0.3, 0.4) is 0 Å². The van der Waals surface area contributed by atoms with Gasteiger partial charge in [0.1, 0.15) is 29.8 Å². The summed E-state index contributed by atoms with van der Waals surface area (Å²) < 4.78 is 26.6. The number of nitrogens with one attached hydrogen (secondary N) is 1. The smallest absolute Gasteiger partial charge is 0.190 e. The molecule has 0 spiro atoms. The highest BCUT2D eigenvalue weighted by atomic mass is 16.8. The molecule has 2 aromatic carbocycles. The molecule has 4 atom stereocenters. The maximum Gasteiger partial charge on any atom is 0.190 e. The normalized spacial score (nSPS) is 25.4. The fourth-order valence-corrected chi connectivity index (χ4v) is 4.74. The Morgan fingerprint density at radius 3 is 2.71 bits per heavy atom. The minimum atomic E-state index is -0.747. The van der Waals surface area contributed by atoms with E-state index in [1.54, 1.807) is 0 Å².